The molecule has 0 saturated carbocycles. The predicted octanol–water partition coefficient (Wildman–Crippen LogP) is 3.17. The fraction of sp³-hybridized carbons (Fsp3) is 0.222. The van der Waals surface area contributed by atoms with Crippen LogP contribution in [0.1, 0.15) is 28.8 Å². The van der Waals surface area contributed by atoms with Crippen molar-refractivity contribution in [1.82, 2.24) is 14.3 Å². The van der Waals surface area contributed by atoms with Crippen LogP contribution in [0.4, 0.5) is 0 Å². The molecule has 2 aromatic heterocycles. The summed E-state index contributed by atoms with van der Waals surface area (Å²) in [5.74, 6) is 0.860. The molecule has 4 nitrogen and oxygen atoms in total. The van der Waals surface area contributed by atoms with Crippen molar-refractivity contribution in [3.05, 3.63) is 71.8 Å². The van der Waals surface area contributed by atoms with Crippen molar-refractivity contribution >= 4 is 11.4 Å². The molecule has 0 fully saturated rings. The van der Waals surface area contributed by atoms with E-state index in [-0.39, 0.29) is 5.91 Å². The predicted molar refractivity (Wildman–Crippen MR) is 86.8 cm³/mol. The number of pyridine rings is 1. The Kier molecular flexibility index (Phi) is 3.92. The minimum atomic E-state index is -0.0488. The van der Waals surface area contributed by atoms with Crippen LogP contribution in [0.25, 0.3) is 5.52 Å². The maximum Gasteiger partial charge on any atom is 0.274 e. The number of fused-ring (bicyclic) bond motifs is 1. The zero-order valence-corrected chi connectivity index (χ0v) is 12.9. The van der Waals surface area contributed by atoms with Crippen LogP contribution in [0.2, 0.25) is 0 Å². The lowest BCUT2D eigenvalue weighted by molar-refractivity contribution is 0.0781. The Morgan fingerprint density at radius 3 is 2.59 bits per heavy atom. The molecule has 22 heavy (non-hydrogen) atoms. The molecule has 4 heteroatoms. The molecule has 0 spiro atoms. The highest BCUT2D eigenvalue weighted by Gasteiger charge is 2.19. The topological polar surface area (TPSA) is 37.6 Å². The summed E-state index contributed by atoms with van der Waals surface area (Å²) in [5, 5.41) is 0. The normalized spacial score (nSPS) is 10.8. The highest BCUT2D eigenvalue weighted by molar-refractivity contribution is 5.99. The number of hydrogen-bond acceptors (Lipinski definition) is 2. The van der Waals surface area contributed by atoms with Gasteiger partial charge in [-0.05, 0) is 17.7 Å². The van der Waals surface area contributed by atoms with Gasteiger partial charge in [0.2, 0.25) is 0 Å². The van der Waals surface area contributed by atoms with Crippen LogP contribution in [-0.2, 0) is 13.0 Å². The van der Waals surface area contributed by atoms with E-state index in [1.807, 2.05) is 73.1 Å². The Morgan fingerprint density at radius 1 is 1.14 bits per heavy atom. The van der Waals surface area contributed by atoms with Crippen molar-refractivity contribution in [1.29, 1.82) is 0 Å². The van der Waals surface area contributed by atoms with E-state index in [0.29, 0.717) is 12.2 Å². The number of imidazole rings is 1. The summed E-state index contributed by atoms with van der Waals surface area (Å²) in [6, 6.07) is 15.8. The fourth-order valence-corrected chi connectivity index (χ4v) is 2.62. The van der Waals surface area contributed by atoms with Crippen molar-refractivity contribution in [3.63, 3.8) is 0 Å². The molecule has 0 saturated heterocycles. The number of aromatic nitrogens is 2. The molecule has 1 aromatic carbocycles. The van der Waals surface area contributed by atoms with Crippen LogP contribution in [-0.4, -0.2) is 27.2 Å². The van der Waals surface area contributed by atoms with Crippen molar-refractivity contribution in [3.8, 4) is 0 Å². The summed E-state index contributed by atoms with van der Waals surface area (Å²) in [4.78, 5) is 19.0. The van der Waals surface area contributed by atoms with E-state index in [1.165, 1.54) is 0 Å². The lowest BCUT2D eigenvalue weighted by Crippen LogP contribution is -2.26. The smallest absolute Gasteiger partial charge is 0.274 e. The zero-order valence-electron chi connectivity index (χ0n) is 12.9. The summed E-state index contributed by atoms with van der Waals surface area (Å²) < 4.78 is 1.99. The molecular formula is C18H19N3O. The first-order chi connectivity index (χ1) is 10.7. The van der Waals surface area contributed by atoms with Crippen LogP contribution < -0.4 is 0 Å². The van der Waals surface area contributed by atoms with Gasteiger partial charge in [0, 0.05) is 26.2 Å². The molecule has 0 N–H and O–H groups in total. The monoisotopic (exact) mass is 293 g/mol. The molecule has 3 rings (SSSR count). The summed E-state index contributed by atoms with van der Waals surface area (Å²) in [5.41, 5.74) is 2.50. The average molecular weight is 293 g/mol. The van der Waals surface area contributed by atoms with E-state index >= 15 is 0 Å². The summed E-state index contributed by atoms with van der Waals surface area (Å²) in [6.45, 7) is 2.62. The first-order valence-electron chi connectivity index (χ1n) is 7.46. The second-order valence-corrected chi connectivity index (χ2v) is 5.33. The van der Waals surface area contributed by atoms with Gasteiger partial charge in [-0.25, -0.2) is 4.98 Å². The molecule has 0 unspecified atom stereocenters. The highest BCUT2D eigenvalue weighted by Crippen LogP contribution is 2.16. The number of carbonyl (C=O) groups excluding carboxylic acids is 1. The maximum atomic E-state index is 12.7. The van der Waals surface area contributed by atoms with E-state index in [4.69, 9.17) is 0 Å². The van der Waals surface area contributed by atoms with E-state index in [9.17, 15) is 4.79 Å². The van der Waals surface area contributed by atoms with E-state index < -0.39 is 0 Å². The van der Waals surface area contributed by atoms with Gasteiger partial charge in [0.25, 0.3) is 5.91 Å². The molecule has 112 valence electrons. The second kappa shape index (κ2) is 6.02. The van der Waals surface area contributed by atoms with Crippen LogP contribution >= 0.6 is 0 Å². The van der Waals surface area contributed by atoms with Gasteiger partial charge in [-0.3, -0.25) is 4.79 Å². The van der Waals surface area contributed by atoms with E-state index in [2.05, 4.69) is 4.98 Å². The van der Waals surface area contributed by atoms with Gasteiger partial charge in [0.1, 0.15) is 5.82 Å². The fourth-order valence-electron chi connectivity index (χ4n) is 2.62. The molecule has 0 aliphatic rings. The summed E-state index contributed by atoms with van der Waals surface area (Å²) in [6.07, 6.45) is 2.75. The first kappa shape index (κ1) is 14.3. The molecule has 0 bridgehead atoms. The zero-order chi connectivity index (χ0) is 15.5. The number of amides is 1. The number of benzene rings is 1. The van der Waals surface area contributed by atoms with Gasteiger partial charge in [-0.15, -0.1) is 0 Å². The van der Waals surface area contributed by atoms with Crippen molar-refractivity contribution in [2.45, 2.75) is 19.9 Å². The van der Waals surface area contributed by atoms with Gasteiger partial charge >= 0.3 is 0 Å². The molecule has 0 atom stereocenters. The number of carbonyl (C=O) groups is 1. The molecule has 3 aromatic rings. The lowest BCUT2D eigenvalue weighted by Gasteiger charge is -2.16. The van der Waals surface area contributed by atoms with Crippen molar-refractivity contribution < 1.29 is 4.79 Å². The third-order valence-corrected chi connectivity index (χ3v) is 3.75. The molecular weight excluding hydrogens is 274 g/mol. The average Bonchev–Trinajstić information content (AvgIpc) is 2.94. The highest BCUT2D eigenvalue weighted by atomic mass is 16.2. The molecule has 1 amide bonds. The Bertz CT molecular complexity index is 792. The third-order valence-electron chi connectivity index (χ3n) is 3.75. The van der Waals surface area contributed by atoms with E-state index in [0.717, 1.165) is 23.3 Å². The van der Waals surface area contributed by atoms with Crippen LogP contribution in [0.3, 0.4) is 0 Å². The quantitative estimate of drug-likeness (QED) is 0.741. The second-order valence-electron chi connectivity index (χ2n) is 5.33. The Labute approximate surface area is 130 Å². The number of nitrogens with zero attached hydrogens (tertiary/aromatic N) is 3. The SMILES string of the molecule is CCc1nc(C(=O)N(C)Cc2ccccc2)c2ccccn12. The summed E-state index contributed by atoms with van der Waals surface area (Å²) >= 11 is 0. The maximum absolute atomic E-state index is 12.7. The van der Waals surface area contributed by atoms with E-state index in [1.54, 1.807) is 4.90 Å². The minimum absolute atomic E-state index is 0.0488. The molecule has 2 heterocycles. The lowest BCUT2D eigenvalue weighted by atomic mass is 10.2. The van der Waals surface area contributed by atoms with Crippen LogP contribution in [0, 0.1) is 0 Å². The summed E-state index contributed by atoms with van der Waals surface area (Å²) in [7, 11) is 1.81. The standard InChI is InChI=1S/C18H19N3O/c1-3-16-19-17(15-11-7-8-12-21(15)16)18(22)20(2)13-14-9-5-4-6-10-14/h4-12H,3,13H2,1-2H3. The molecule has 0 radical (unpaired) electrons. The van der Waals surface area contributed by atoms with Crippen molar-refractivity contribution in [2.75, 3.05) is 7.05 Å². The Hall–Kier alpha value is -2.62. The number of hydrogen-bond donors (Lipinski definition) is 0. The number of aryl methyl sites for hydroxylation is 1. The van der Waals surface area contributed by atoms with Crippen molar-refractivity contribution in [2.24, 2.45) is 0 Å². The van der Waals surface area contributed by atoms with Crippen LogP contribution in [0.5, 0.6) is 0 Å². The number of rotatable bonds is 4. The van der Waals surface area contributed by atoms with Gasteiger partial charge in [-0.2, -0.15) is 0 Å². The Balaban J connectivity index is 1.92. The molecule has 0 aliphatic heterocycles. The minimum Gasteiger partial charge on any atom is -0.336 e. The van der Waals surface area contributed by atoms with Gasteiger partial charge in [0.15, 0.2) is 5.69 Å². The van der Waals surface area contributed by atoms with Gasteiger partial charge in [-0.1, -0.05) is 43.3 Å². The van der Waals surface area contributed by atoms with Gasteiger partial charge in [0.05, 0.1) is 5.52 Å². The Morgan fingerprint density at radius 2 is 1.86 bits per heavy atom. The van der Waals surface area contributed by atoms with Crippen LogP contribution in [0.15, 0.2) is 54.7 Å². The van der Waals surface area contributed by atoms with Gasteiger partial charge < -0.3 is 9.30 Å². The first-order valence-corrected chi connectivity index (χ1v) is 7.46. The molecule has 0 aliphatic carbocycles. The third kappa shape index (κ3) is 2.60. The largest absolute Gasteiger partial charge is 0.336 e.